The zero-order chi connectivity index (χ0) is 23.5. The van der Waals surface area contributed by atoms with Gasteiger partial charge < -0.3 is 15.2 Å². The second-order valence-corrected chi connectivity index (χ2v) is 8.53. The number of piperidine rings is 1. The Morgan fingerprint density at radius 2 is 1.79 bits per heavy atom. The number of nitrogens with zero attached hydrogens (tertiary/aromatic N) is 2. The van der Waals surface area contributed by atoms with Crippen LogP contribution in [0.4, 0.5) is 0 Å². The fourth-order valence-corrected chi connectivity index (χ4v) is 4.41. The van der Waals surface area contributed by atoms with Gasteiger partial charge in [0.05, 0.1) is 6.04 Å². The molecule has 0 aliphatic carbocycles. The van der Waals surface area contributed by atoms with Crippen molar-refractivity contribution in [3.63, 3.8) is 0 Å². The lowest BCUT2D eigenvalue weighted by Gasteiger charge is -2.37. The Morgan fingerprint density at radius 3 is 2.48 bits per heavy atom. The molecule has 2 aromatic rings. The zero-order valence-electron chi connectivity index (χ0n) is 18.2. The first-order valence-electron chi connectivity index (χ1n) is 10.8. The number of imide groups is 1. The van der Waals surface area contributed by atoms with Crippen LogP contribution >= 0.6 is 0 Å². The number of hydrogen-bond donors (Lipinski definition) is 3. The molecule has 3 N–H and O–H groups in total. The minimum absolute atomic E-state index is 0.0543. The quantitative estimate of drug-likeness (QED) is 0.555. The molecule has 1 fully saturated rings. The third-order valence-corrected chi connectivity index (χ3v) is 5.93. The summed E-state index contributed by atoms with van der Waals surface area (Å²) in [4.78, 5) is 69.1. The van der Waals surface area contributed by atoms with E-state index in [9.17, 15) is 24.0 Å². The van der Waals surface area contributed by atoms with Gasteiger partial charge in [-0.1, -0.05) is 24.3 Å². The van der Waals surface area contributed by atoms with Crippen LogP contribution in [0.15, 0.2) is 35.1 Å². The van der Waals surface area contributed by atoms with Crippen molar-refractivity contribution in [1.29, 1.82) is 0 Å². The molecule has 1 aromatic heterocycles. The van der Waals surface area contributed by atoms with Crippen molar-refractivity contribution in [2.24, 2.45) is 5.92 Å². The molecule has 2 aliphatic rings. The molecule has 3 heterocycles. The van der Waals surface area contributed by atoms with Gasteiger partial charge in [0.15, 0.2) is 0 Å². The van der Waals surface area contributed by atoms with Crippen LogP contribution in [-0.2, 0) is 27.3 Å². The summed E-state index contributed by atoms with van der Waals surface area (Å²) in [7, 11) is 0. The van der Waals surface area contributed by atoms with Gasteiger partial charge in [-0.15, -0.1) is 0 Å². The minimum atomic E-state index is -0.404. The number of aryl methyl sites for hydroxylation is 1. The topological polar surface area (TPSA) is 141 Å². The summed E-state index contributed by atoms with van der Waals surface area (Å²) in [6.45, 7) is 2.14. The van der Waals surface area contributed by atoms with E-state index in [2.05, 4.69) is 20.6 Å². The Bertz CT molecular complexity index is 1160. The molecule has 0 saturated carbocycles. The number of aromatic amines is 1. The van der Waals surface area contributed by atoms with Crippen molar-refractivity contribution in [1.82, 2.24) is 25.5 Å². The molecule has 0 radical (unpaired) electrons. The molecule has 1 aromatic carbocycles. The normalized spacial score (nSPS) is 18.5. The Hall–Kier alpha value is -3.82. The first-order valence-corrected chi connectivity index (χ1v) is 10.8. The highest BCUT2D eigenvalue weighted by molar-refractivity contribution is 5.98. The van der Waals surface area contributed by atoms with Gasteiger partial charge >= 0.3 is 0 Å². The highest BCUT2D eigenvalue weighted by atomic mass is 16.2. The molecule has 2 aliphatic heterocycles. The second-order valence-electron chi connectivity index (χ2n) is 8.53. The summed E-state index contributed by atoms with van der Waals surface area (Å²) in [6, 6.07) is 8.62. The van der Waals surface area contributed by atoms with Gasteiger partial charge in [-0.2, -0.15) is 0 Å². The number of benzene rings is 1. The zero-order valence-corrected chi connectivity index (χ0v) is 18.2. The minimum Gasteiger partial charge on any atom is -0.354 e. The predicted molar refractivity (Wildman–Crippen MR) is 117 cm³/mol. The SMILES string of the molecule is Cc1nc(C(=O)N2Cc3ccccc3CC2CNC(=O)CC2CC(=O)NC(=O)C2)cc(=O)[nH]1. The lowest BCUT2D eigenvalue weighted by molar-refractivity contribution is -0.135. The van der Waals surface area contributed by atoms with E-state index in [1.54, 1.807) is 11.8 Å². The van der Waals surface area contributed by atoms with Gasteiger partial charge in [0.1, 0.15) is 11.5 Å². The molecule has 1 unspecified atom stereocenters. The van der Waals surface area contributed by atoms with Crippen LogP contribution in [0.25, 0.3) is 0 Å². The number of amides is 4. The van der Waals surface area contributed by atoms with E-state index >= 15 is 0 Å². The molecule has 172 valence electrons. The van der Waals surface area contributed by atoms with Crippen LogP contribution in [0.2, 0.25) is 0 Å². The van der Waals surface area contributed by atoms with Crippen molar-refractivity contribution in [2.45, 2.75) is 45.2 Å². The molecule has 1 atom stereocenters. The molecule has 4 rings (SSSR count). The van der Waals surface area contributed by atoms with Crippen molar-refractivity contribution in [3.05, 3.63) is 63.3 Å². The average molecular weight is 451 g/mol. The monoisotopic (exact) mass is 451 g/mol. The number of aromatic nitrogens is 2. The Kier molecular flexibility index (Phi) is 6.34. The Balaban J connectivity index is 1.48. The van der Waals surface area contributed by atoms with Crippen LogP contribution < -0.4 is 16.2 Å². The molecule has 10 nitrogen and oxygen atoms in total. The third kappa shape index (κ3) is 5.33. The molecule has 33 heavy (non-hydrogen) atoms. The van der Waals surface area contributed by atoms with Crippen molar-refractivity contribution in [3.8, 4) is 0 Å². The first kappa shape index (κ1) is 22.4. The standard InChI is InChI=1S/C23H25N5O5/c1-13-25-18(10-22(32)26-13)23(33)28-12-16-5-3-2-4-15(16)9-17(28)11-24-19(29)6-14-7-20(30)27-21(31)8-14/h2-5,10,14,17H,6-9,11-12H2,1H3,(H,24,29)(H,25,26,32)(H,27,30,31). The number of nitrogens with one attached hydrogen (secondary N) is 3. The van der Waals surface area contributed by atoms with E-state index in [4.69, 9.17) is 0 Å². The van der Waals surface area contributed by atoms with Gasteiger partial charge in [0.25, 0.3) is 11.5 Å². The number of H-pyrrole nitrogens is 1. The molecule has 10 heteroatoms. The second kappa shape index (κ2) is 9.35. The van der Waals surface area contributed by atoms with Crippen LogP contribution in [0, 0.1) is 12.8 Å². The summed E-state index contributed by atoms with van der Waals surface area (Å²) in [5.41, 5.74) is 1.74. The number of rotatable bonds is 5. The number of fused-ring (bicyclic) bond motifs is 1. The average Bonchev–Trinajstić information content (AvgIpc) is 2.75. The molecule has 0 bridgehead atoms. The van der Waals surface area contributed by atoms with Crippen molar-refractivity contribution < 1.29 is 19.2 Å². The van der Waals surface area contributed by atoms with E-state index < -0.39 is 5.56 Å². The lowest BCUT2D eigenvalue weighted by atomic mass is 9.92. The molecule has 1 saturated heterocycles. The number of carbonyl (C=O) groups excluding carboxylic acids is 4. The molecule has 4 amide bonds. The summed E-state index contributed by atoms with van der Waals surface area (Å²) >= 11 is 0. The van der Waals surface area contributed by atoms with Crippen LogP contribution in [0.3, 0.4) is 0 Å². The first-order chi connectivity index (χ1) is 15.8. The van der Waals surface area contributed by atoms with Crippen LogP contribution in [0.1, 0.15) is 46.7 Å². The van der Waals surface area contributed by atoms with Crippen molar-refractivity contribution >= 4 is 23.6 Å². The Labute approximate surface area is 189 Å². The lowest BCUT2D eigenvalue weighted by Crippen LogP contribution is -2.50. The van der Waals surface area contributed by atoms with E-state index in [0.29, 0.717) is 18.8 Å². The Morgan fingerprint density at radius 1 is 1.09 bits per heavy atom. The highest BCUT2D eigenvalue weighted by Gasteiger charge is 2.32. The largest absolute Gasteiger partial charge is 0.354 e. The maximum absolute atomic E-state index is 13.3. The van der Waals surface area contributed by atoms with Gasteiger partial charge in [0, 0.05) is 38.4 Å². The third-order valence-electron chi connectivity index (χ3n) is 5.93. The number of hydrogen-bond acceptors (Lipinski definition) is 6. The van der Waals surface area contributed by atoms with Crippen LogP contribution in [-0.4, -0.2) is 51.1 Å². The fraction of sp³-hybridized carbons (Fsp3) is 0.391. The maximum atomic E-state index is 13.3. The molecular formula is C23H25N5O5. The van der Waals surface area contributed by atoms with E-state index in [0.717, 1.165) is 11.1 Å². The fourth-order valence-electron chi connectivity index (χ4n) is 4.41. The van der Waals surface area contributed by atoms with Gasteiger partial charge in [-0.3, -0.25) is 29.3 Å². The van der Waals surface area contributed by atoms with E-state index in [1.165, 1.54) is 6.07 Å². The number of carbonyl (C=O) groups is 4. The summed E-state index contributed by atoms with van der Waals surface area (Å²) < 4.78 is 0. The maximum Gasteiger partial charge on any atom is 0.273 e. The highest BCUT2D eigenvalue weighted by Crippen LogP contribution is 2.24. The molecule has 0 spiro atoms. The molecular weight excluding hydrogens is 426 g/mol. The van der Waals surface area contributed by atoms with E-state index in [-0.39, 0.29) is 67.1 Å². The van der Waals surface area contributed by atoms with Crippen molar-refractivity contribution in [2.75, 3.05) is 6.54 Å². The summed E-state index contributed by atoms with van der Waals surface area (Å²) in [5.74, 6) is -1.39. The van der Waals surface area contributed by atoms with Gasteiger partial charge in [0.2, 0.25) is 17.7 Å². The van der Waals surface area contributed by atoms with Gasteiger partial charge in [-0.25, -0.2) is 4.98 Å². The van der Waals surface area contributed by atoms with E-state index in [1.807, 2.05) is 24.3 Å². The summed E-state index contributed by atoms with van der Waals surface area (Å²) in [5, 5.41) is 5.09. The smallest absolute Gasteiger partial charge is 0.273 e. The van der Waals surface area contributed by atoms with Crippen LogP contribution in [0.5, 0.6) is 0 Å². The predicted octanol–water partition coefficient (Wildman–Crippen LogP) is 0.205. The van der Waals surface area contributed by atoms with Gasteiger partial charge in [-0.05, 0) is 30.4 Å². The summed E-state index contributed by atoms with van der Waals surface area (Å²) in [6.07, 6.45) is 0.863.